The Morgan fingerprint density at radius 1 is 1.17 bits per heavy atom. The fourth-order valence-corrected chi connectivity index (χ4v) is 2.26. The SMILES string of the molecule is CNC1(COc2cnc(C)c(-c3ccncc3)c2)CC1.Cl.Cl.Cl. The summed E-state index contributed by atoms with van der Waals surface area (Å²) in [6.07, 6.45) is 7.75. The van der Waals surface area contributed by atoms with Gasteiger partial charge in [-0.1, -0.05) is 0 Å². The first-order valence-electron chi connectivity index (χ1n) is 6.91. The molecule has 0 aliphatic heterocycles. The average molecular weight is 379 g/mol. The molecule has 0 saturated heterocycles. The summed E-state index contributed by atoms with van der Waals surface area (Å²) in [6.45, 7) is 2.71. The third-order valence-electron chi connectivity index (χ3n) is 3.95. The number of hydrogen-bond acceptors (Lipinski definition) is 4. The van der Waals surface area contributed by atoms with Crippen molar-refractivity contribution in [1.29, 1.82) is 0 Å². The van der Waals surface area contributed by atoms with Crippen LogP contribution < -0.4 is 10.1 Å². The molecule has 128 valence electrons. The summed E-state index contributed by atoms with van der Waals surface area (Å²) in [4.78, 5) is 8.49. The molecule has 0 atom stereocenters. The van der Waals surface area contributed by atoms with Crippen molar-refractivity contribution in [3.63, 3.8) is 0 Å². The largest absolute Gasteiger partial charge is 0.490 e. The van der Waals surface area contributed by atoms with Gasteiger partial charge in [0, 0.05) is 23.7 Å². The molecule has 2 aromatic rings. The normalized spacial score (nSPS) is 13.8. The van der Waals surface area contributed by atoms with Crippen molar-refractivity contribution in [2.45, 2.75) is 25.3 Å². The van der Waals surface area contributed by atoms with Crippen molar-refractivity contribution in [2.24, 2.45) is 0 Å². The van der Waals surface area contributed by atoms with Gasteiger partial charge in [0.25, 0.3) is 0 Å². The lowest BCUT2D eigenvalue weighted by Crippen LogP contribution is -2.33. The molecule has 1 aliphatic carbocycles. The summed E-state index contributed by atoms with van der Waals surface area (Å²) in [5.74, 6) is 0.823. The van der Waals surface area contributed by atoms with Crippen LogP contribution in [0.4, 0.5) is 0 Å². The second-order valence-corrected chi connectivity index (χ2v) is 5.36. The summed E-state index contributed by atoms with van der Waals surface area (Å²) >= 11 is 0. The second-order valence-electron chi connectivity index (χ2n) is 5.36. The van der Waals surface area contributed by atoms with Gasteiger partial charge >= 0.3 is 0 Å². The molecule has 0 aromatic carbocycles. The molecule has 2 heterocycles. The molecule has 0 unspecified atom stereocenters. The molecule has 1 N–H and O–H groups in total. The van der Waals surface area contributed by atoms with Crippen LogP contribution in [0, 0.1) is 6.92 Å². The summed E-state index contributed by atoms with van der Waals surface area (Å²) in [7, 11) is 1.99. The fraction of sp³-hybridized carbons (Fsp3) is 0.375. The summed E-state index contributed by atoms with van der Waals surface area (Å²) < 4.78 is 5.90. The Morgan fingerprint density at radius 3 is 2.39 bits per heavy atom. The monoisotopic (exact) mass is 377 g/mol. The number of halogens is 3. The van der Waals surface area contributed by atoms with Crippen molar-refractivity contribution in [2.75, 3.05) is 13.7 Å². The molecule has 0 amide bonds. The molecule has 3 rings (SSSR count). The predicted octanol–water partition coefficient (Wildman–Crippen LogP) is 3.85. The number of nitrogens with zero attached hydrogens (tertiary/aromatic N) is 2. The maximum Gasteiger partial charge on any atom is 0.138 e. The van der Waals surface area contributed by atoms with Crippen molar-refractivity contribution in [3.8, 4) is 16.9 Å². The van der Waals surface area contributed by atoms with E-state index in [1.54, 1.807) is 18.6 Å². The first-order valence-corrected chi connectivity index (χ1v) is 6.91. The Labute approximate surface area is 155 Å². The number of pyridine rings is 2. The number of aryl methyl sites for hydroxylation is 1. The Bertz CT molecular complexity index is 607. The van der Waals surface area contributed by atoms with Crippen LogP contribution in [-0.2, 0) is 0 Å². The number of aromatic nitrogens is 2. The molecule has 2 aromatic heterocycles. The van der Waals surface area contributed by atoms with Gasteiger partial charge in [-0.3, -0.25) is 9.97 Å². The van der Waals surface area contributed by atoms with Crippen molar-refractivity contribution in [1.82, 2.24) is 15.3 Å². The first kappa shape index (κ1) is 21.9. The van der Waals surface area contributed by atoms with Gasteiger partial charge in [-0.2, -0.15) is 0 Å². The molecule has 23 heavy (non-hydrogen) atoms. The van der Waals surface area contributed by atoms with Crippen LogP contribution in [0.3, 0.4) is 0 Å². The maximum absolute atomic E-state index is 5.90. The van der Waals surface area contributed by atoms with Gasteiger partial charge in [0.2, 0.25) is 0 Å². The number of ether oxygens (including phenoxy) is 1. The Kier molecular flexibility index (Phi) is 8.85. The van der Waals surface area contributed by atoms with Gasteiger partial charge in [0.15, 0.2) is 0 Å². The van der Waals surface area contributed by atoms with E-state index in [9.17, 15) is 0 Å². The minimum Gasteiger partial charge on any atom is -0.490 e. The highest BCUT2D eigenvalue weighted by atomic mass is 35.5. The number of rotatable bonds is 5. The average Bonchev–Trinajstić information content (AvgIpc) is 3.28. The minimum absolute atomic E-state index is 0. The number of likely N-dealkylation sites (N-methyl/N-ethyl adjacent to an activating group) is 1. The molecular formula is C16H22Cl3N3O. The van der Waals surface area contributed by atoms with Crippen LogP contribution in [0.2, 0.25) is 0 Å². The molecular weight excluding hydrogens is 357 g/mol. The standard InChI is InChI=1S/C16H19N3O.3ClH/c1-12-15(13-3-7-18-8-4-13)9-14(10-19-12)20-11-16(17-2)5-6-16;;;/h3-4,7-10,17H,5-6,11H2,1-2H3;3*1H. The number of nitrogens with one attached hydrogen (secondary N) is 1. The molecule has 4 nitrogen and oxygen atoms in total. The molecule has 7 heteroatoms. The Balaban J connectivity index is 0.00000161. The van der Waals surface area contributed by atoms with E-state index in [1.165, 1.54) is 12.8 Å². The van der Waals surface area contributed by atoms with Crippen molar-refractivity contribution in [3.05, 3.63) is 42.5 Å². The van der Waals surface area contributed by atoms with Gasteiger partial charge in [0.05, 0.1) is 11.7 Å². The van der Waals surface area contributed by atoms with E-state index in [2.05, 4.69) is 21.4 Å². The topological polar surface area (TPSA) is 47.0 Å². The van der Waals surface area contributed by atoms with Crippen molar-refractivity contribution >= 4 is 37.2 Å². The van der Waals surface area contributed by atoms with Gasteiger partial charge in [-0.15, -0.1) is 37.2 Å². The zero-order valence-corrected chi connectivity index (χ0v) is 15.6. The van der Waals surface area contributed by atoms with Crippen LogP contribution in [0.5, 0.6) is 5.75 Å². The molecule has 0 radical (unpaired) electrons. The predicted molar refractivity (Wildman–Crippen MR) is 100 cm³/mol. The maximum atomic E-state index is 5.90. The van der Waals surface area contributed by atoms with Gasteiger partial charge in [0.1, 0.15) is 12.4 Å². The van der Waals surface area contributed by atoms with Gasteiger partial charge in [-0.25, -0.2) is 0 Å². The van der Waals surface area contributed by atoms with Crippen LogP contribution in [0.15, 0.2) is 36.8 Å². The van der Waals surface area contributed by atoms with E-state index in [0.717, 1.165) is 22.6 Å². The smallest absolute Gasteiger partial charge is 0.138 e. The van der Waals surface area contributed by atoms with E-state index in [4.69, 9.17) is 4.74 Å². The van der Waals surface area contributed by atoms with Crippen molar-refractivity contribution < 1.29 is 4.74 Å². The highest BCUT2D eigenvalue weighted by molar-refractivity contribution is 5.86. The minimum atomic E-state index is 0. The third kappa shape index (κ3) is 5.21. The molecule has 0 bridgehead atoms. The van der Waals surface area contributed by atoms with Crippen LogP contribution in [0.1, 0.15) is 18.5 Å². The van der Waals surface area contributed by atoms with Crippen LogP contribution in [0.25, 0.3) is 11.1 Å². The van der Waals surface area contributed by atoms with Gasteiger partial charge in [-0.05, 0) is 50.6 Å². The second kappa shape index (κ2) is 9.28. The molecule has 0 spiro atoms. The van der Waals surface area contributed by atoms with E-state index < -0.39 is 0 Å². The third-order valence-corrected chi connectivity index (χ3v) is 3.95. The zero-order valence-electron chi connectivity index (χ0n) is 13.1. The lowest BCUT2D eigenvalue weighted by molar-refractivity contribution is 0.259. The highest BCUT2D eigenvalue weighted by Crippen LogP contribution is 2.35. The summed E-state index contributed by atoms with van der Waals surface area (Å²) in [5.41, 5.74) is 3.39. The summed E-state index contributed by atoms with van der Waals surface area (Å²) in [6, 6.07) is 6.04. The fourth-order valence-electron chi connectivity index (χ4n) is 2.26. The number of hydrogen-bond donors (Lipinski definition) is 1. The lowest BCUT2D eigenvalue weighted by Gasteiger charge is -2.16. The Hall–Kier alpha value is -1.07. The lowest BCUT2D eigenvalue weighted by atomic mass is 10.1. The van der Waals surface area contributed by atoms with E-state index in [1.807, 2.05) is 26.1 Å². The summed E-state index contributed by atoms with van der Waals surface area (Å²) in [5, 5.41) is 3.33. The van der Waals surface area contributed by atoms with E-state index in [0.29, 0.717) is 6.61 Å². The molecule has 1 fully saturated rings. The quantitative estimate of drug-likeness (QED) is 0.858. The Morgan fingerprint density at radius 2 is 1.83 bits per heavy atom. The molecule has 1 aliphatic rings. The van der Waals surface area contributed by atoms with Gasteiger partial charge < -0.3 is 10.1 Å². The molecule has 1 saturated carbocycles. The zero-order chi connectivity index (χ0) is 14.0. The van der Waals surface area contributed by atoms with Crippen LogP contribution in [-0.4, -0.2) is 29.2 Å². The van der Waals surface area contributed by atoms with Crippen LogP contribution >= 0.6 is 37.2 Å². The van der Waals surface area contributed by atoms with E-state index in [-0.39, 0.29) is 42.8 Å². The first-order chi connectivity index (χ1) is 9.72. The highest BCUT2D eigenvalue weighted by Gasteiger charge is 2.41. The van der Waals surface area contributed by atoms with E-state index >= 15 is 0 Å².